The maximum Gasteiger partial charge on any atom is 0.270 e. The summed E-state index contributed by atoms with van der Waals surface area (Å²) in [4.78, 5) is 35.6. The van der Waals surface area contributed by atoms with Gasteiger partial charge in [-0.25, -0.2) is 0 Å². The quantitative estimate of drug-likeness (QED) is 0.539. The normalized spacial score (nSPS) is 10.1. The van der Waals surface area contributed by atoms with Crippen LogP contribution in [0.1, 0.15) is 20.7 Å². The van der Waals surface area contributed by atoms with E-state index in [-0.39, 0.29) is 16.9 Å². The highest BCUT2D eigenvalue weighted by Crippen LogP contribution is 2.25. The Bertz CT molecular complexity index is 756. The lowest BCUT2D eigenvalue weighted by Gasteiger charge is -2.12. The number of hydrogen-bond donors (Lipinski definition) is 0. The van der Waals surface area contributed by atoms with Crippen molar-refractivity contribution in [2.45, 2.75) is 0 Å². The van der Waals surface area contributed by atoms with Crippen LogP contribution in [0.2, 0.25) is 0 Å². The van der Waals surface area contributed by atoms with E-state index in [2.05, 4.69) is 4.98 Å². The number of rotatable bonds is 4. The van der Waals surface area contributed by atoms with E-state index in [9.17, 15) is 29.9 Å². The van der Waals surface area contributed by atoms with Gasteiger partial charge >= 0.3 is 0 Å². The van der Waals surface area contributed by atoms with Crippen molar-refractivity contribution in [1.29, 1.82) is 0 Å². The van der Waals surface area contributed by atoms with Gasteiger partial charge in [-0.05, 0) is 6.07 Å². The van der Waals surface area contributed by atoms with Gasteiger partial charge in [0.1, 0.15) is 0 Å². The second-order valence-corrected chi connectivity index (χ2v) is 4.00. The zero-order chi connectivity index (χ0) is 15.6. The van der Waals surface area contributed by atoms with Crippen LogP contribution < -0.4 is 10.2 Å². The van der Waals surface area contributed by atoms with Crippen molar-refractivity contribution in [3.8, 4) is 11.3 Å². The average molecular weight is 286 g/mol. The van der Waals surface area contributed by atoms with Crippen molar-refractivity contribution in [2.75, 3.05) is 0 Å². The minimum Gasteiger partial charge on any atom is -0.545 e. The van der Waals surface area contributed by atoms with Gasteiger partial charge in [0.05, 0.1) is 22.6 Å². The molecule has 0 aliphatic heterocycles. The third-order valence-electron chi connectivity index (χ3n) is 2.67. The molecule has 21 heavy (non-hydrogen) atoms. The van der Waals surface area contributed by atoms with Crippen LogP contribution >= 0.6 is 0 Å². The Morgan fingerprint density at radius 2 is 1.81 bits per heavy atom. The van der Waals surface area contributed by atoms with Crippen LogP contribution in [-0.4, -0.2) is 21.8 Å². The fourth-order valence-corrected chi connectivity index (χ4v) is 1.73. The lowest BCUT2D eigenvalue weighted by molar-refractivity contribution is -0.384. The van der Waals surface area contributed by atoms with Crippen LogP contribution in [0.5, 0.6) is 0 Å². The van der Waals surface area contributed by atoms with Gasteiger partial charge in [-0.1, -0.05) is 12.1 Å². The molecular weight excluding hydrogens is 280 g/mol. The molecule has 0 aliphatic carbocycles. The summed E-state index contributed by atoms with van der Waals surface area (Å²) in [7, 11) is 0. The SMILES string of the molecule is O=C([O-])c1cnc(-c2cccc([N+](=O)[O-])c2)c(C(=O)[O-])c1. The van der Waals surface area contributed by atoms with Crippen LogP contribution in [0.25, 0.3) is 11.3 Å². The Balaban J connectivity index is 2.63. The molecule has 0 amide bonds. The first-order chi connectivity index (χ1) is 9.90. The molecule has 8 nitrogen and oxygen atoms in total. The number of nitro benzene ring substituents is 1. The molecule has 0 saturated heterocycles. The number of non-ortho nitro benzene ring substituents is 1. The summed E-state index contributed by atoms with van der Waals surface area (Å²) in [6, 6.07) is 5.98. The van der Waals surface area contributed by atoms with Crippen LogP contribution in [0.3, 0.4) is 0 Å². The number of carboxylic acid groups (broad SMARTS) is 2. The van der Waals surface area contributed by atoms with E-state index >= 15 is 0 Å². The number of hydrogen-bond acceptors (Lipinski definition) is 7. The van der Waals surface area contributed by atoms with E-state index in [0.717, 1.165) is 18.3 Å². The summed E-state index contributed by atoms with van der Waals surface area (Å²) < 4.78 is 0. The molecule has 0 aliphatic rings. The lowest BCUT2D eigenvalue weighted by Crippen LogP contribution is -2.26. The van der Waals surface area contributed by atoms with E-state index in [1.165, 1.54) is 18.2 Å². The van der Waals surface area contributed by atoms with Gasteiger partial charge < -0.3 is 19.8 Å². The van der Waals surface area contributed by atoms with E-state index < -0.39 is 28.0 Å². The highest BCUT2D eigenvalue weighted by atomic mass is 16.6. The fraction of sp³-hybridized carbons (Fsp3) is 0. The first-order valence-corrected chi connectivity index (χ1v) is 5.57. The maximum atomic E-state index is 11.1. The van der Waals surface area contributed by atoms with Gasteiger partial charge in [0.25, 0.3) is 5.69 Å². The largest absolute Gasteiger partial charge is 0.545 e. The second kappa shape index (κ2) is 5.37. The highest BCUT2D eigenvalue weighted by Gasteiger charge is 2.13. The first kappa shape index (κ1) is 14.1. The summed E-state index contributed by atoms with van der Waals surface area (Å²) in [6.45, 7) is 0. The number of nitro groups is 1. The monoisotopic (exact) mass is 286 g/mol. The minimum atomic E-state index is -1.65. The predicted octanol–water partition coefficient (Wildman–Crippen LogP) is -0.616. The average Bonchev–Trinajstić information content (AvgIpc) is 2.46. The zero-order valence-corrected chi connectivity index (χ0v) is 10.3. The highest BCUT2D eigenvalue weighted by molar-refractivity contribution is 5.96. The Labute approximate surface area is 117 Å². The molecule has 0 N–H and O–H groups in total. The summed E-state index contributed by atoms with van der Waals surface area (Å²) in [5.41, 5.74) is -1.12. The standard InChI is InChI=1S/C13H8N2O6/c16-12(17)8-5-10(13(18)19)11(14-6-8)7-2-1-3-9(4-7)15(20)21/h1-6H,(H,16,17)(H,18,19)/p-2. The topological polar surface area (TPSA) is 136 Å². The van der Waals surface area contributed by atoms with Crippen LogP contribution in [-0.2, 0) is 0 Å². The Kier molecular flexibility index (Phi) is 3.61. The third kappa shape index (κ3) is 2.84. The van der Waals surface area contributed by atoms with Crippen LogP contribution in [0, 0.1) is 10.1 Å². The van der Waals surface area contributed by atoms with E-state index in [4.69, 9.17) is 0 Å². The molecular formula is C13H6N2O6-2. The first-order valence-electron chi connectivity index (χ1n) is 5.57. The predicted molar refractivity (Wildman–Crippen MR) is 65.0 cm³/mol. The molecule has 0 spiro atoms. The number of benzene rings is 1. The molecule has 2 rings (SSSR count). The number of carboxylic acids is 2. The molecule has 0 fully saturated rings. The van der Waals surface area contributed by atoms with Crippen LogP contribution in [0.4, 0.5) is 5.69 Å². The number of aromatic nitrogens is 1. The number of nitrogens with zero attached hydrogens (tertiary/aromatic N) is 2. The van der Waals surface area contributed by atoms with Crippen molar-refractivity contribution < 1.29 is 24.7 Å². The summed E-state index contributed by atoms with van der Waals surface area (Å²) in [5.74, 6) is -3.23. The van der Waals surface area contributed by atoms with Gasteiger partial charge in [-0.15, -0.1) is 0 Å². The molecule has 0 saturated carbocycles. The molecule has 0 bridgehead atoms. The Morgan fingerprint density at radius 3 is 2.38 bits per heavy atom. The third-order valence-corrected chi connectivity index (χ3v) is 2.67. The summed E-state index contributed by atoms with van der Waals surface area (Å²) in [6.07, 6.45) is 0.913. The molecule has 106 valence electrons. The Hall–Kier alpha value is -3.29. The molecule has 2 aromatic rings. The summed E-state index contributed by atoms with van der Waals surface area (Å²) >= 11 is 0. The maximum absolute atomic E-state index is 11.1. The van der Waals surface area contributed by atoms with Gasteiger partial charge in [-0.3, -0.25) is 15.1 Å². The van der Waals surface area contributed by atoms with E-state index in [1.54, 1.807) is 0 Å². The molecule has 0 atom stereocenters. The molecule has 0 radical (unpaired) electrons. The number of carbonyl (C=O) groups excluding carboxylic acids is 2. The minimum absolute atomic E-state index is 0.122. The molecule has 1 aromatic carbocycles. The smallest absolute Gasteiger partial charge is 0.270 e. The number of carbonyl (C=O) groups is 2. The number of pyridine rings is 1. The van der Waals surface area contributed by atoms with Gasteiger partial charge in [0.15, 0.2) is 0 Å². The second-order valence-electron chi connectivity index (χ2n) is 4.00. The van der Waals surface area contributed by atoms with Crippen molar-refractivity contribution in [3.63, 3.8) is 0 Å². The fourth-order valence-electron chi connectivity index (χ4n) is 1.73. The molecule has 8 heteroatoms. The zero-order valence-electron chi connectivity index (χ0n) is 10.3. The van der Waals surface area contributed by atoms with Crippen molar-refractivity contribution >= 4 is 17.6 Å². The number of aromatic carboxylic acids is 2. The lowest BCUT2D eigenvalue weighted by atomic mass is 10.0. The van der Waals surface area contributed by atoms with E-state index in [1.807, 2.05) is 0 Å². The van der Waals surface area contributed by atoms with Gasteiger partial charge in [0, 0.05) is 35.0 Å². The van der Waals surface area contributed by atoms with E-state index in [0.29, 0.717) is 0 Å². The molecule has 0 unspecified atom stereocenters. The Morgan fingerprint density at radius 1 is 1.10 bits per heavy atom. The van der Waals surface area contributed by atoms with Crippen LogP contribution in [0.15, 0.2) is 36.5 Å². The summed E-state index contributed by atoms with van der Waals surface area (Å²) in [5, 5.41) is 32.5. The van der Waals surface area contributed by atoms with Crippen molar-refractivity contribution in [1.82, 2.24) is 4.98 Å². The van der Waals surface area contributed by atoms with Crippen molar-refractivity contribution in [3.05, 3.63) is 57.8 Å². The van der Waals surface area contributed by atoms with Crippen molar-refractivity contribution in [2.24, 2.45) is 0 Å². The van der Waals surface area contributed by atoms with Gasteiger partial charge in [-0.2, -0.15) is 0 Å². The molecule has 1 aromatic heterocycles. The molecule has 1 heterocycles. The van der Waals surface area contributed by atoms with Gasteiger partial charge in [0.2, 0.25) is 0 Å².